The molecule has 1 aliphatic heterocycles. The number of para-hydroxylation sites is 1. The Morgan fingerprint density at radius 1 is 1.27 bits per heavy atom. The Balaban J connectivity index is 2.44. The van der Waals surface area contributed by atoms with Gasteiger partial charge in [-0.2, -0.15) is 0 Å². The molecule has 2 rings (SSSR count). The molecule has 1 aromatic rings. The van der Waals surface area contributed by atoms with Crippen molar-refractivity contribution >= 4 is 21.9 Å². The van der Waals surface area contributed by atoms with E-state index in [9.17, 15) is 0 Å². The second-order valence-corrected chi connectivity index (χ2v) is 3.76. The summed E-state index contributed by atoms with van der Waals surface area (Å²) in [6.45, 7) is 1.15. The number of rotatable bonds is 0. The van der Waals surface area contributed by atoms with E-state index in [1.54, 1.807) is 0 Å². The predicted molar refractivity (Wildman–Crippen MR) is 47.9 cm³/mol. The maximum absolute atomic E-state index is 3.07. The first-order chi connectivity index (χ1) is 5.38. The van der Waals surface area contributed by atoms with Gasteiger partial charge in [0.1, 0.15) is 0 Å². The third kappa shape index (κ3) is 1.29. The molecular formula is C9H10NSe-. The van der Waals surface area contributed by atoms with Crippen LogP contribution in [0.5, 0.6) is 0 Å². The average Bonchev–Trinajstić information content (AvgIpc) is 2.06. The molecule has 11 heavy (non-hydrogen) atoms. The summed E-state index contributed by atoms with van der Waals surface area (Å²) in [5.41, 5.74) is 2.83. The van der Waals surface area contributed by atoms with E-state index in [2.05, 4.69) is 44.4 Å². The Morgan fingerprint density at radius 3 is 2.91 bits per heavy atom. The van der Waals surface area contributed by atoms with E-state index in [1.807, 2.05) is 0 Å². The van der Waals surface area contributed by atoms with Crippen LogP contribution < -0.4 is 3.92 Å². The van der Waals surface area contributed by atoms with Gasteiger partial charge in [0, 0.05) is 0 Å². The van der Waals surface area contributed by atoms with Gasteiger partial charge in [-0.05, 0) is 0 Å². The van der Waals surface area contributed by atoms with Crippen LogP contribution >= 0.6 is 0 Å². The topological polar surface area (TPSA) is 3.24 Å². The van der Waals surface area contributed by atoms with Crippen LogP contribution in [0, 0.1) is 0 Å². The summed E-state index contributed by atoms with van der Waals surface area (Å²) in [4.78, 5) is 0. The summed E-state index contributed by atoms with van der Waals surface area (Å²) in [6, 6.07) is 8.58. The van der Waals surface area contributed by atoms with Gasteiger partial charge in [-0.15, -0.1) is 0 Å². The van der Waals surface area contributed by atoms with E-state index in [1.165, 1.54) is 24.1 Å². The van der Waals surface area contributed by atoms with Crippen molar-refractivity contribution in [3.63, 3.8) is 0 Å². The average molecular weight is 211 g/mol. The predicted octanol–water partition coefficient (Wildman–Crippen LogP) is 1.52. The molecule has 0 radical (unpaired) electrons. The minimum atomic E-state index is 1.15. The fourth-order valence-corrected chi connectivity index (χ4v) is 2.14. The Labute approximate surface area is 75.4 Å². The van der Waals surface area contributed by atoms with Gasteiger partial charge in [0.25, 0.3) is 0 Å². The van der Waals surface area contributed by atoms with Crippen molar-refractivity contribution in [1.29, 1.82) is 0 Å². The third-order valence-electron chi connectivity index (χ3n) is 2.07. The molecule has 0 amide bonds. The Hall–Kier alpha value is -0.461. The van der Waals surface area contributed by atoms with Gasteiger partial charge in [0.2, 0.25) is 0 Å². The number of hydrogen-bond donors (Lipinski definition) is 0. The molecule has 2 heteroatoms. The fourth-order valence-electron chi connectivity index (χ4n) is 1.50. The minimum absolute atomic E-state index is 1.15. The van der Waals surface area contributed by atoms with Gasteiger partial charge in [0.05, 0.1) is 0 Å². The molecule has 0 spiro atoms. The van der Waals surface area contributed by atoms with Crippen LogP contribution in [-0.2, 0) is 6.42 Å². The number of hydrogen-bond acceptors (Lipinski definition) is 1. The summed E-state index contributed by atoms with van der Waals surface area (Å²) in [5, 5.41) is 0. The standard InChI is InChI=1S/C9H10NSe/c11-10-7-3-5-8-4-1-2-6-9(8)10/h1-2,4,6H,3,5,7H2/q-1. The van der Waals surface area contributed by atoms with Crippen LogP contribution in [-0.4, -0.2) is 22.8 Å². The zero-order valence-electron chi connectivity index (χ0n) is 6.29. The van der Waals surface area contributed by atoms with Gasteiger partial charge in [-0.1, -0.05) is 0 Å². The van der Waals surface area contributed by atoms with Crippen LogP contribution in [0.15, 0.2) is 24.3 Å². The Kier molecular flexibility index (Phi) is 1.89. The van der Waals surface area contributed by atoms with Gasteiger partial charge >= 0.3 is 75.0 Å². The van der Waals surface area contributed by atoms with Crippen molar-refractivity contribution in [1.82, 2.24) is 0 Å². The van der Waals surface area contributed by atoms with Crippen molar-refractivity contribution in [2.24, 2.45) is 0 Å². The molecule has 0 bridgehead atoms. The number of nitrogens with zero attached hydrogens (tertiary/aromatic N) is 1. The third-order valence-corrected chi connectivity index (χ3v) is 2.86. The van der Waals surface area contributed by atoms with Crippen LogP contribution in [0.4, 0.5) is 5.69 Å². The molecule has 1 nitrogen and oxygen atoms in total. The first-order valence-corrected chi connectivity index (χ1v) is 4.67. The van der Waals surface area contributed by atoms with Crippen molar-refractivity contribution < 1.29 is 0 Å². The van der Waals surface area contributed by atoms with Gasteiger partial charge in [-0.3, -0.25) is 0 Å². The molecule has 0 N–H and O–H groups in total. The number of fused-ring (bicyclic) bond motifs is 1. The summed E-state index contributed by atoms with van der Waals surface area (Å²) < 4.78 is 2.21. The second kappa shape index (κ2) is 2.88. The monoisotopic (exact) mass is 212 g/mol. The zero-order valence-corrected chi connectivity index (χ0v) is 8.00. The van der Waals surface area contributed by atoms with E-state index in [0.29, 0.717) is 0 Å². The van der Waals surface area contributed by atoms with Crippen molar-refractivity contribution in [3.8, 4) is 0 Å². The van der Waals surface area contributed by atoms with E-state index in [4.69, 9.17) is 0 Å². The van der Waals surface area contributed by atoms with E-state index in [0.717, 1.165) is 6.54 Å². The van der Waals surface area contributed by atoms with Crippen LogP contribution in [0.3, 0.4) is 0 Å². The molecule has 1 aromatic carbocycles. The normalized spacial score (nSPS) is 16.3. The summed E-state index contributed by atoms with van der Waals surface area (Å²) in [6.07, 6.45) is 2.50. The molecule has 1 heterocycles. The van der Waals surface area contributed by atoms with E-state index >= 15 is 0 Å². The molecule has 1 aliphatic rings. The molecule has 0 fully saturated rings. The SMILES string of the molecule is [Se-]N1CCCc2ccccc21. The molecule has 0 aliphatic carbocycles. The fraction of sp³-hybridized carbons (Fsp3) is 0.333. The molecule has 0 aromatic heterocycles. The van der Waals surface area contributed by atoms with E-state index in [-0.39, 0.29) is 0 Å². The second-order valence-electron chi connectivity index (χ2n) is 2.83. The summed E-state index contributed by atoms with van der Waals surface area (Å²) in [5.74, 6) is 0. The van der Waals surface area contributed by atoms with Gasteiger partial charge < -0.3 is 0 Å². The summed E-state index contributed by atoms with van der Waals surface area (Å²) in [7, 11) is 0. The Bertz CT molecular complexity index is 259. The zero-order chi connectivity index (χ0) is 7.68. The van der Waals surface area contributed by atoms with Gasteiger partial charge in [-0.25, -0.2) is 0 Å². The van der Waals surface area contributed by atoms with Crippen molar-refractivity contribution in [3.05, 3.63) is 29.8 Å². The molecule has 0 atom stereocenters. The first-order valence-electron chi connectivity index (χ1n) is 3.90. The van der Waals surface area contributed by atoms with Crippen LogP contribution in [0.25, 0.3) is 0 Å². The van der Waals surface area contributed by atoms with E-state index < -0.39 is 0 Å². The molecule has 0 saturated heterocycles. The molecular weight excluding hydrogens is 201 g/mol. The molecule has 0 unspecified atom stereocenters. The number of aryl methyl sites for hydroxylation is 1. The van der Waals surface area contributed by atoms with Crippen molar-refractivity contribution in [2.45, 2.75) is 12.8 Å². The maximum atomic E-state index is 3.07. The van der Waals surface area contributed by atoms with Crippen LogP contribution in [0.2, 0.25) is 0 Å². The Morgan fingerprint density at radius 2 is 2.09 bits per heavy atom. The molecule has 0 saturated carbocycles. The quantitative estimate of drug-likeness (QED) is 0.588. The number of benzene rings is 1. The van der Waals surface area contributed by atoms with Crippen molar-refractivity contribution in [2.75, 3.05) is 10.5 Å². The van der Waals surface area contributed by atoms with Crippen LogP contribution in [0.1, 0.15) is 12.0 Å². The van der Waals surface area contributed by atoms with Gasteiger partial charge in [0.15, 0.2) is 0 Å². The molecule has 58 valence electrons. The first kappa shape index (κ1) is 7.20. The summed E-state index contributed by atoms with van der Waals surface area (Å²) >= 11 is 3.07. The number of anilines is 1.